The molecule has 1 saturated carbocycles. The van der Waals surface area contributed by atoms with Crippen LogP contribution in [0.3, 0.4) is 0 Å². The Morgan fingerprint density at radius 1 is 0.970 bits per heavy atom. The number of benzene rings is 1. The van der Waals surface area contributed by atoms with Crippen LogP contribution in [0, 0.1) is 6.92 Å². The van der Waals surface area contributed by atoms with Crippen molar-refractivity contribution < 1.29 is 39.6 Å². The number of aryl methyl sites for hydroxylation is 1. The monoisotopic (exact) mass is 494 g/mol. The number of carbonyl (C=O) groups is 1. The lowest BCUT2D eigenvalue weighted by Gasteiger charge is -2.29. The fourth-order valence-corrected chi connectivity index (χ4v) is 5.58. The van der Waals surface area contributed by atoms with Crippen molar-refractivity contribution in [1.82, 2.24) is 10.3 Å². The molecule has 0 bridgehead atoms. The van der Waals surface area contributed by atoms with Gasteiger partial charge in [0.25, 0.3) is 5.91 Å². The Bertz CT molecular complexity index is 1120. The fourth-order valence-electron chi connectivity index (χ4n) is 3.76. The molecule has 1 aromatic carbocycles. The van der Waals surface area contributed by atoms with Crippen LogP contribution < -0.4 is 5.32 Å². The third-order valence-electron chi connectivity index (χ3n) is 5.61. The van der Waals surface area contributed by atoms with E-state index in [9.17, 15) is 39.6 Å². The minimum Gasteiger partial charge on any atom is -0.349 e. The number of rotatable bonds is 4. The predicted octanol–water partition coefficient (Wildman–Crippen LogP) is 4.94. The molecule has 0 aliphatic heterocycles. The molecule has 180 valence electrons. The van der Waals surface area contributed by atoms with Crippen LogP contribution in [0.2, 0.25) is 0 Å². The SMILES string of the molecule is Cc1ccc(S(=O)(=O)C2CCC(NC(=O)c3ccc(C(F)(F)F)nc3)CC2)cc1C(F)(F)F. The van der Waals surface area contributed by atoms with Gasteiger partial charge in [-0.15, -0.1) is 0 Å². The van der Waals surface area contributed by atoms with Gasteiger partial charge in [-0.05, 0) is 62.4 Å². The molecule has 1 heterocycles. The minimum atomic E-state index is -4.68. The van der Waals surface area contributed by atoms with Crippen LogP contribution in [0.4, 0.5) is 26.3 Å². The van der Waals surface area contributed by atoms with Crippen molar-refractivity contribution in [2.45, 2.75) is 61.1 Å². The van der Waals surface area contributed by atoms with Gasteiger partial charge in [0.1, 0.15) is 5.69 Å². The van der Waals surface area contributed by atoms with Crippen LogP contribution in [0.1, 0.15) is 52.9 Å². The first-order valence-corrected chi connectivity index (χ1v) is 11.5. The molecule has 1 N–H and O–H groups in total. The molecular formula is C21H20F6N2O3S. The molecule has 1 amide bonds. The summed E-state index contributed by atoms with van der Waals surface area (Å²) >= 11 is 0. The summed E-state index contributed by atoms with van der Waals surface area (Å²) in [5.41, 5.74) is -2.29. The highest BCUT2D eigenvalue weighted by molar-refractivity contribution is 7.92. The topological polar surface area (TPSA) is 76.1 Å². The fraction of sp³-hybridized carbons (Fsp3) is 0.429. The molecule has 0 unspecified atom stereocenters. The van der Waals surface area contributed by atoms with E-state index in [2.05, 4.69) is 10.3 Å². The minimum absolute atomic E-state index is 0.0721. The molecule has 0 spiro atoms. The third kappa shape index (κ3) is 5.66. The number of carbonyl (C=O) groups excluding carboxylic acids is 1. The highest BCUT2D eigenvalue weighted by Crippen LogP contribution is 2.35. The molecule has 1 aromatic heterocycles. The lowest BCUT2D eigenvalue weighted by atomic mass is 9.95. The Kier molecular flexibility index (Phi) is 6.79. The smallest absolute Gasteiger partial charge is 0.349 e. The van der Waals surface area contributed by atoms with Crippen LogP contribution in [0.15, 0.2) is 41.4 Å². The van der Waals surface area contributed by atoms with Crippen molar-refractivity contribution in [2.24, 2.45) is 0 Å². The van der Waals surface area contributed by atoms with E-state index in [0.29, 0.717) is 12.1 Å². The maximum atomic E-state index is 13.2. The van der Waals surface area contributed by atoms with E-state index in [1.165, 1.54) is 6.92 Å². The van der Waals surface area contributed by atoms with Gasteiger partial charge in [0.15, 0.2) is 9.84 Å². The number of halogens is 6. The zero-order valence-electron chi connectivity index (χ0n) is 17.3. The third-order valence-corrected chi connectivity index (χ3v) is 7.87. The Balaban J connectivity index is 1.64. The molecule has 1 fully saturated rings. The highest BCUT2D eigenvalue weighted by atomic mass is 32.2. The summed E-state index contributed by atoms with van der Waals surface area (Å²) in [5.74, 6) is -0.643. The number of sulfone groups is 1. The van der Waals surface area contributed by atoms with Gasteiger partial charge in [-0.2, -0.15) is 26.3 Å². The van der Waals surface area contributed by atoms with Crippen LogP contribution in [0.5, 0.6) is 0 Å². The van der Waals surface area contributed by atoms with Gasteiger partial charge < -0.3 is 5.32 Å². The first-order valence-electron chi connectivity index (χ1n) is 9.95. The average Bonchev–Trinajstić information content (AvgIpc) is 2.73. The van der Waals surface area contributed by atoms with Gasteiger partial charge in [-0.3, -0.25) is 9.78 Å². The second-order valence-corrected chi connectivity index (χ2v) is 10.1. The number of nitrogens with zero attached hydrogens (tertiary/aromatic N) is 1. The second-order valence-electron chi connectivity index (χ2n) is 7.90. The molecule has 1 aliphatic carbocycles. The zero-order chi connectivity index (χ0) is 24.6. The Morgan fingerprint density at radius 2 is 1.61 bits per heavy atom. The summed E-state index contributed by atoms with van der Waals surface area (Å²) in [4.78, 5) is 15.1. The van der Waals surface area contributed by atoms with E-state index in [-0.39, 0.29) is 36.8 Å². The standard InChI is InChI=1S/C21H20F6N2O3S/c1-12-2-6-16(10-17(12)20(22,23)24)33(31,32)15-7-4-14(5-8-15)29-19(30)13-3-9-18(28-11-13)21(25,26)27/h2-3,6,9-11,14-15H,4-5,7-8H2,1H3,(H,29,30). The molecule has 0 radical (unpaired) electrons. The second kappa shape index (κ2) is 8.96. The first-order chi connectivity index (χ1) is 15.2. The number of hydrogen-bond acceptors (Lipinski definition) is 4. The van der Waals surface area contributed by atoms with Gasteiger partial charge in [0, 0.05) is 12.2 Å². The lowest BCUT2D eigenvalue weighted by Crippen LogP contribution is -2.40. The molecule has 0 saturated heterocycles. The number of alkyl halides is 6. The van der Waals surface area contributed by atoms with Crippen LogP contribution in [0.25, 0.3) is 0 Å². The number of aromatic nitrogens is 1. The summed E-state index contributed by atoms with van der Waals surface area (Å²) in [5, 5.41) is 1.74. The predicted molar refractivity (Wildman–Crippen MR) is 106 cm³/mol. The molecule has 0 atom stereocenters. The van der Waals surface area contributed by atoms with E-state index >= 15 is 0 Å². The molecular weight excluding hydrogens is 474 g/mol. The van der Waals surface area contributed by atoms with Gasteiger partial charge in [-0.1, -0.05) is 6.07 Å². The van der Waals surface area contributed by atoms with Crippen molar-refractivity contribution in [1.29, 1.82) is 0 Å². The van der Waals surface area contributed by atoms with E-state index < -0.39 is 55.5 Å². The van der Waals surface area contributed by atoms with E-state index in [1.807, 2.05) is 0 Å². The van der Waals surface area contributed by atoms with Crippen molar-refractivity contribution in [2.75, 3.05) is 0 Å². The summed E-state index contributed by atoms with van der Waals surface area (Å²) in [6, 6.07) is 4.20. The molecule has 2 aromatic rings. The molecule has 3 rings (SSSR count). The summed E-state index contributed by atoms with van der Waals surface area (Å²) in [7, 11) is -4.01. The maximum absolute atomic E-state index is 13.2. The van der Waals surface area contributed by atoms with Gasteiger partial charge in [-0.25, -0.2) is 8.42 Å². The number of pyridine rings is 1. The molecule has 12 heteroatoms. The molecule has 33 heavy (non-hydrogen) atoms. The summed E-state index contributed by atoms with van der Waals surface area (Å²) in [6.45, 7) is 1.25. The molecule has 1 aliphatic rings. The van der Waals surface area contributed by atoms with E-state index in [1.54, 1.807) is 0 Å². The van der Waals surface area contributed by atoms with E-state index in [4.69, 9.17) is 0 Å². The normalized spacial score (nSPS) is 19.8. The Morgan fingerprint density at radius 3 is 2.12 bits per heavy atom. The highest BCUT2D eigenvalue weighted by Gasteiger charge is 2.37. The maximum Gasteiger partial charge on any atom is 0.433 e. The van der Waals surface area contributed by atoms with Crippen LogP contribution >= 0.6 is 0 Å². The summed E-state index contributed by atoms with van der Waals surface area (Å²) < 4.78 is 103. The van der Waals surface area contributed by atoms with Gasteiger partial charge in [0.2, 0.25) is 0 Å². The Labute approximate surface area is 186 Å². The van der Waals surface area contributed by atoms with Gasteiger partial charge >= 0.3 is 12.4 Å². The number of amides is 1. The van der Waals surface area contributed by atoms with Crippen LogP contribution in [-0.4, -0.2) is 30.6 Å². The largest absolute Gasteiger partial charge is 0.433 e. The number of hydrogen-bond donors (Lipinski definition) is 1. The number of nitrogens with one attached hydrogen (secondary N) is 1. The van der Waals surface area contributed by atoms with Crippen molar-refractivity contribution in [3.05, 3.63) is 58.9 Å². The van der Waals surface area contributed by atoms with Crippen molar-refractivity contribution in [3.8, 4) is 0 Å². The quantitative estimate of drug-likeness (QED) is 0.611. The molecule has 5 nitrogen and oxygen atoms in total. The van der Waals surface area contributed by atoms with Crippen molar-refractivity contribution >= 4 is 15.7 Å². The van der Waals surface area contributed by atoms with E-state index in [0.717, 1.165) is 24.4 Å². The summed E-state index contributed by atoms with van der Waals surface area (Å²) in [6.07, 6.45) is -7.75. The Hall–Kier alpha value is -2.63. The van der Waals surface area contributed by atoms with Crippen LogP contribution in [-0.2, 0) is 22.2 Å². The van der Waals surface area contributed by atoms with Gasteiger partial charge in [0.05, 0.1) is 21.3 Å². The zero-order valence-corrected chi connectivity index (χ0v) is 18.1. The lowest BCUT2D eigenvalue weighted by molar-refractivity contribution is -0.141. The average molecular weight is 494 g/mol. The van der Waals surface area contributed by atoms with Crippen molar-refractivity contribution in [3.63, 3.8) is 0 Å². The first kappa shape index (κ1) is 25.0.